The van der Waals surface area contributed by atoms with E-state index in [4.69, 9.17) is 0 Å². The van der Waals surface area contributed by atoms with Crippen LogP contribution in [0.2, 0.25) is 0 Å². The Morgan fingerprint density at radius 3 is 2.43 bits per heavy atom. The van der Waals surface area contributed by atoms with Gasteiger partial charge in [-0.05, 0) is 25.0 Å². The summed E-state index contributed by atoms with van der Waals surface area (Å²) >= 11 is 0. The van der Waals surface area contributed by atoms with Crippen LogP contribution < -0.4 is 5.32 Å². The minimum Gasteiger partial charge on any atom is -0.353 e. The second-order valence-electron chi connectivity index (χ2n) is 7.01. The molecule has 28 heavy (non-hydrogen) atoms. The van der Waals surface area contributed by atoms with E-state index in [0.717, 1.165) is 18.6 Å². The summed E-state index contributed by atoms with van der Waals surface area (Å²) in [5, 5.41) is 2.86. The summed E-state index contributed by atoms with van der Waals surface area (Å²) in [4.78, 5) is 13.8. The molecule has 1 aromatic carbocycles. The zero-order valence-corrected chi connectivity index (χ0v) is 16.8. The van der Waals surface area contributed by atoms with Crippen LogP contribution in [0.5, 0.6) is 0 Å². The Labute approximate surface area is 163 Å². The van der Waals surface area contributed by atoms with Gasteiger partial charge in [-0.15, -0.1) is 0 Å². The Morgan fingerprint density at radius 1 is 1.21 bits per heavy atom. The molecule has 0 bridgehead atoms. The quantitative estimate of drug-likeness (QED) is 0.732. The van der Waals surface area contributed by atoms with E-state index in [1.54, 1.807) is 0 Å². The molecule has 6 nitrogen and oxygen atoms in total. The lowest BCUT2D eigenvalue weighted by atomic mass is 10.1. The molecule has 1 aromatic rings. The van der Waals surface area contributed by atoms with Crippen molar-refractivity contribution in [1.29, 1.82) is 0 Å². The van der Waals surface area contributed by atoms with E-state index in [1.807, 2.05) is 18.7 Å². The lowest BCUT2D eigenvalue weighted by molar-refractivity contribution is -0.137. The molecule has 1 N–H and O–H groups in total. The van der Waals surface area contributed by atoms with E-state index in [9.17, 15) is 26.4 Å². The van der Waals surface area contributed by atoms with Crippen LogP contribution in [-0.2, 0) is 26.7 Å². The van der Waals surface area contributed by atoms with Crippen molar-refractivity contribution in [2.24, 2.45) is 0 Å². The van der Waals surface area contributed by atoms with Gasteiger partial charge >= 0.3 is 6.18 Å². The Kier molecular flexibility index (Phi) is 7.46. The minimum absolute atomic E-state index is 0.0848. The van der Waals surface area contributed by atoms with Crippen LogP contribution >= 0.6 is 0 Å². The smallest absolute Gasteiger partial charge is 0.353 e. The molecule has 1 aliphatic rings. The third-order valence-corrected chi connectivity index (χ3v) is 6.57. The highest BCUT2D eigenvalue weighted by Crippen LogP contribution is 2.30. The van der Waals surface area contributed by atoms with Crippen molar-refractivity contribution >= 4 is 15.9 Å². The Bertz CT molecular complexity index is 776. The molecule has 0 saturated carbocycles. The molecule has 2 rings (SSSR count). The van der Waals surface area contributed by atoms with Gasteiger partial charge < -0.3 is 5.32 Å². The predicted octanol–water partition coefficient (Wildman–Crippen LogP) is 2.07. The van der Waals surface area contributed by atoms with Crippen LogP contribution in [0.3, 0.4) is 0 Å². The van der Waals surface area contributed by atoms with Gasteiger partial charge in [0.15, 0.2) is 0 Å². The molecule has 0 aliphatic carbocycles. The topological polar surface area (TPSA) is 69.7 Å². The molecule has 1 unspecified atom stereocenters. The van der Waals surface area contributed by atoms with Crippen molar-refractivity contribution in [2.75, 3.05) is 32.7 Å². The van der Waals surface area contributed by atoms with Crippen molar-refractivity contribution < 1.29 is 26.4 Å². The number of hydrogen-bond acceptors (Lipinski definition) is 4. The van der Waals surface area contributed by atoms with E-state index in [2.05, 4.69) is 5.32 Å². The van der Waals surface area contributed by atoms with E-state index in [1.165, 1.54) is 16.4 Å². The molecule has 1 atom stereocenters. The van der Waals surface area contributed by atoms with Crippen LogP contribution in [0.1, 0.15) is 31.4 Å². The molecule has 0 spiro atoms. The first-order valence-corrected chi connectivity index (χ1v) is 10.8. The number of amides is 1. The number of carbonyl (C=O) groups excluding carboxylic acids is 1. The molecule has 1 aliphatic heterocycles. The summed E-state index contributed by atoms with van der Waals surface area (Å²) in [5.74, 6) is -0.583. The van der Waals surface area contributed by atoms with Crippen molar-refractivity contribution in [3.8, 4) is 0 Å². The lowest BCUT2D eigenvalue weighted by Gasteiger charge is -2.33. The number of hydrogen-bond donors (Lipinski definition) is 1. The average Bonchev–Trinajstić information content (AvgIpc) is 2.61. The maximum atomic E-state index is 12.8. The lowest BCUT2D eigenvalue weighted by Crippen LogP contribution is -2.51. The minimum atomic E-state index is -4.51. The van der Waals surface area contributed by atoms with Crippen LogP contribution in [0.4, 0.5) is 13.2 Å². The monoisotopic (exact) mass is 421 g/mol. The second-order valence-corrected chi connectivity index (χ2v) is 8.98. The number of nitrogens with zero attached hydrogens (tertiary/aromatic N) is 2. The van der Waals surface area contributed by atoms with E-state index < -0.39 is 27.5 Å². The van der Waals surface area contributed by atoms with Crippen LogP contribution in [0.25, 0.3) is 0 Å². The number of carbonyl (C=O) groups is 1. The molecule has 0 aromatic heterocycles. The number of alkyl halides is 3. The highest BCUT2D eigenvalue weighted by atomic mass is 32.2. The van der Waals surface area contributed by atoms with E-state index in [0.29, 0.717) is 13.1 Å². The zero-order valence-electron chi connectivity index (χ0n) is 16.0. The van der Waals surface area contributed by atoms with Gasteiger partial charge in [0.25, 0.3) is 0 Å². The highest BCUT2D eigenvalue weighted by Gasteiger charge is 2.32. The summed E-state index contributed by atoms with van der Waals surface area (Å²) in [6, 6.07) is 4.46. The second kappa shape index (κ2) is 9.23. The molecular formula is C18H26F3N3O3S. The first-order valence-electron chi connectivity index (χ1n) is 9.17. The Morgan fingerprint density at radius 2 is 1.86 bits per heavy atom. The predicted molar refractivity (Wildman–Crippen MR) is 100.0 cm³/mol. The van der Waals surface area contributed by atoms with Crippen molar-refractivity contribution in [3.05, 3.63) is 35.4 Å². The Hall–Kier alpha value is -1.65. The molecule has 1 fully saturated rings. The SMILES string of the molecule is CCC(C)NC(=O)CN1CCN(S(=O)(=O)Cc2cccc(C(F)(F)F)c2)CC1. The Balaban J connectivity index is 1.92. The molecular weight excluding hydrogens is 395 g/mol. The summed E-state index contributed by atoms with van der Waals surface area (Å²) in [6.45, 7) is 5.29. The number of nitrogens with one attached hydrogen (secondary N) is 1. The maximum Gasteiger partial charge on any atom is 0.416 e. The number of rotatable bonds is 7. The molecule has 0 radical (unpaired) electrons. The maximum absolute atomic E-state index is 12.8. The van der Waals surface area contributed by atoms with Crippen LogP contribution in [0, 0.1) is 0 Å². The fourth-order valence-corrected chi connectivity index (χ4v) is 4.43. The number of sulfonamides is 1. The van der Waals surface area contributed by atoms with Gasteiger partial charge in [0.05, 0.1) is 17.9 Å². The summed E-state index contributed by atoms with van der Waals surface area (Å²) < 4.78 is 64.8. The molecule has 158 valence electrons. The van der Waals surface area contributed by atoms with Gasteiger partial charge in [-0.3, -0.25) is 9.69 Å². The highest BCUT2D eigenvalue weighted by molar-refractivity contribution is 7.88. The fourth-order valence-electron chi connectivity index (χ4n) is 2.93. The van der Waals surface area contributed by atoms with E-state index in [-0.39, 0.29) is 37.1 Å². The van der Waals surface area contributed by atoms with Crippen molar-refractivity contribution in [2.45, 2.75) is 38.2 Å². The largest absolute Gasteiger partial charge is 0.416 e. The molecule has 1 saturated heterocycles. The molecule has 10 heteroatoms. The van der Waals surface area contributed by atoms with Crippen molar-refractivity contribution in [1.82, 2.24) is 14.5 Å². The number of piperazine rings is 1. The number of benzene rings is 1. The van der Waals surface area contributed by atoms with Gasteiger partial charge in [-0.2, -0.15) is 17.5 Å². The van der Waals surface area contributed by atoms with Crippen molar-refractivity contribution in [3.63, 3.8) is 0 Å². The zero-order chi connectivity index (χ0) is 20.9. The third kappa shape index (κ3) is 6.46. The molecule has 1 amide bonds. The average molecular weight is 421 g/mol. The summed E-state index contributed by atoms with van der Waals surface area (Å²) in [5.41, 5.74) is -0.762. The summed E-state index contributed by atoms with van der Waals surface area (Å²) in [6.07, 6.45) is -3.69. The van der Waals surface area contributed by atoms with Gasteiger partial charge in [0.1, 0.15) is 0 Å². The molecule has 1 heterocycles. The standard InChI is InChI=1S/C18H26F3N3O3S/c1-3-14(2)22-17(25)12-23-7-9-24(10-8-23)28(26,27)13-15-5-4-6-16(11-15)18(19,20)21/h4-6,11,14H,3,7-10,12-13H2,1-2H3,(H,22,25). The van der Waals surface area contributed by atoms with Gasteiger partial charge in [-0.1, -0.05) is 25.1 Å². The first-order chi connectivity index (χ1) is 13.0. The summed E-state index contributed by atoms with van der Waals surface area (Å²) in [7, 11) is -3.73. The van der Waals surface area contributed by atoms with Gasteiger partial charge in [0.2, 0.25) is 15.9 Å². The first kappa shape index (κ1) is 22.6. The van der Waals surface area contributed by atoms with Crippen LogP contribution in [-0.4, -0.2) is 62.3 Å². The normalized spacial score (nSPS) is 18.0. The van der Waals surface area contributed by atoms with E-state index >= 15 is 0 Å². The van der Waals surface area contributed by atoms with Gasteiger partial charge in [0, 0.05) is 32.2 Å². The van der Waals surface area contributed by atoms with Gasteiger partial charge in [-0.25, -0.2) is 8.42 Å². The van der Waals surface area contributed by atoms with Crippen LogP contribution in [0.15, 0.2) is 24.3 Å². The number of halogens is 3. The fraction of sp³-hybridized carbons (Fsp3) is 0.611. The third-order valence-electron chi connectivity index (χ3n) is 4.71.